The van der Waals surface area contributed by atoms with Gasteiger partial charge in [-0.25, -0.2) is 4.98 Å². The second-order valence-electron chi connectivity index (χ2n) is 4.74. The number of aromatic amines is 1. The molecule has 0 fully saturated rings. The highest BCUT2D eigenvalue weighted by atomic mass is 19.3. The Balaban J connectivity index is 2.39. The van der Waals surface area contributed by atoms with Crippen molar-refractivity contribution in [3.8, 4) is 17.0 Å². The van der Waals surface area contributed by atoms with Gasteiger partial charge < -0.3 is 15.5 Å². The number of benzene rings is 1. The summed E-state index contributed by atoms with van der Waals surface area (Å²) < 4.78 is 29.2. The van der Waals surface area contributed by atoms with Gasteiger partial charge in [0.15, 0.2) is 0 Å². The fourth-order valence-corrected chi connectivity index (χ4v) is 1.67. The molecule has 0 aliphatic rings. The maximum atomic E-state index is 12.3. The summed E-state index contributed by atoms with van der Waals surface area (Å²) in [7, 11) is 0. The summed E-state index contributed by atoms with van der Waals surface area (Å²) >= 11 is 0. The second kappa shape index (κ2) is 4.97. The number of alkyl halides is 2. The Hall–Kier alpha value is -1.95. The van der Waals surface area contributed by atoms with E-state index in [-0.39, 0.29) is 5.75 Å². The quantitative estimate of drug-likeness (QED) is 0.895. The molecule has 0 aliphatic carbocycles. The van der Waals surface area contributed by atoms with E-state index in [1.54, 1.807) is 38.2 Å². The molecule has 2 aromatic rings. The van der Waals surface area contributed by atoms with Crippen molar-refractivity contribution < 1.29 is 13.5 Å². The Bertz CT molecular complexity index is 561. The van der Waals surface area contributed by atoms with Crippen LogP contribution in [0.2, 0.25) is 0 Å². The van der Waals surface area contributed by atoms with Gasteiger partial charge in [0.1, 0.15) is 11.6 Å². The zero-order valence-corrected chi connectivity index (χ0v) is 10.7. The number of hydrogen-bond acceptors (Lipinski definition) is 3. The molecule has 3 N–H and O–H groups in total. The minimum absolute atomic E-state index is 0.0996. The highest BCUT2D eigenvalue weighted by Gasteiger charge is 2.19. The average Bonchev–Trinajstić information content (AvgIpc) is 2.77. The van der Waals surface area contributed by atoms with Crippen molar-refractivity contribution in [3.05, 3.63) is 36.3 Å². The predicted molar refractivity (Wildman–Crippen MR) is 67.9 cm³/mol. The van der Waals surface area contributed by atoms with Gasteiger partial charge in [-0.2, -0.15) is 8.78 Å². The molecule has 6 heteroatoms. The molecule has 0 spiro atoms. The molecule has 1 aromatic heterocycles. The molecule has 0 radical (unpaired) electrons. The van der Waals surface area contributed by atoms with E-state index in [1.165, 1.54) is 6.07 Å². The van der Waals surface area contributed by atoms with E-state index in [0.717, 1.165) is 0 Å². The molecule has 2 rings (SSSR count). The van der Waals surface area contributed by atoms with Crippen LogP contribution in [-0.4, -0.2) is 16.6 Å². The monoisotopic (exact) mass is 267 g/mol. The number of halogens is 2. The van der Waals surface area contributed by atoms with Gasteiger partial charge in [-0.15, -0.1) is 0 Å². The van der Waals surface area contributed by atoms with Crippen LogP contribution in [0.15, 0.2) is 30.5 Å². The van der Waals surface area contributed by atoms with Crippen molar-refractivity contribution in [1.82, 2.24) is 9.97 Å². The summed E-state index contributed by atoms with van der Waals surface area (Å²) in [5, 5.41) is 0. The maximum absolute atomic E-state index is 12.3. The topological polar surface area (TPSA) is 63.9 Å². The molecule has 4 nitrogen and oxygen atoms in total. The number of H-pyrrole nitrogens is 1. The molecule has 1 heterocycles. The van der Waals surface area contributed by atoms with Crippen molar-refractivity contribution in [1.29, 1.82) is 0 Å². The number of imidazole rings is 1. The van der Waals surface area contributed by atoms with Gasteiger partial charge in [0.25, 0.3) is 0 Å². The Morgan fingerprint density at radius 3 is 2.58 bits per heavy atom. The number of rotatable bonds is 4. The zero-order chi connectivity index (χ0) is 14.0. The van der Waals surface area contributed by atoms with Crippen LogP contribution in [0, 0.1) is 0 Å². The first kappa shape index (κ1) is 13.5. The van der Waals surface area contributed by atoms with E-state index in [9.17, 15) is 8.78 Å². The van der Waals surface area contributed by atoms with E-state index in [4.69, 9.17) is 5.73 Å². The molecule has 0 aliphatic heterocycles. The summed E-state index contributed by atoms with van der Waals surface area (Å²) in [6.45, 7) is 0.739. The van der Waals surface area contributed by atoms with Gasteiger partial charge in [0.05, 0.1) is 17.4 Å². The summed E-state index contributed by atoms with van der Waals surface area (Å²) in [6.07, 6.45) is 1.55. The highest BCUT2D eigenvalue weighted by Crippen LogP contribution is 2.30. The van der Waals surface area contributed by atoms with Gasteiger partial charge in [0.2, 0.25) is 0 Å². The first-order valence-electron chi connectivity index (χ1n) is 5.76. The van der Waals surface area contributed by atoms with Gasteiger partial charge in [0, 0.05) is 5.56 Å². The molecule has 0 saturated heterocycles. The van der Waals surface area contributed by atoms with Crippen LogP contribution in [0.3, 0.4) is 0 Å². The van der Waals surface area contributed by atoms with Crippen molar-refractivity contribution in [2.24, 2.45) is 5.73 Å². The van der Waals surface area contributed by atoms with Crippen LogP contribution < -0.4 is 10.5 Å². The first-order chi connectivity index (χ1) is 8.88. The average molecular weight is 267 g/mol. The Morgan fingerprint density at radius 1 is 1.32 bits per heavy atom. The lowest BCUT2D eigenvalue weighted by molar-refractivity contribution is -0.0494. The number of para-hydroxylation sites is 1. The van der Waals surface area contributed by atoms with Crippen molar-refractivity contribution in [3.63, 3.8) is 0 Å². The van der Waals surface area contributed by atoms with Crippen LogP contribution in [0.25, 0.3) is 11.3 Å². The largest absolute Gasteiger partial charge is 0.434 e. The van der Waals surface area contributed by atoms with E-state index in [0.29, 0.717) is 17.1 Å². The van der Waals surface area contributed by atoms with Crippen LogP contribution in [0.1, 0.15) is 19.7 Å². The lowest BCUT2D eigenvalue weighted by Gasteiger charge is -2.14. The number of hydrogen-bond donors (Lipinski definition) is 2. The van der Waals surface area contributed by atoms with Crippen molar-refractivity contribution in [2.75, 3.05) is 0 Å². The first-order valence-corrected chi connectivity index (χ1v) is 5.76. The molecule has 0 saturated carbocycles. The minimum atomic E-state index is -2.87. The third kappa shape index (κ3) is 3.08. The predicted octanol–water partition coefficient (Wildman–Crippen LogP) is 2.87. The lowest BCUT2D eigenvalue weighted by atomic mass is 10.1. The van der Waals surface area contributed by atoms with Gasteiger partial charge >= 0.3 is 6.61 Å². The van der Waals surface area contributed by atoms with E-state index in [2.05, 4.69) is 14.7 Å². The van der Waals surface area contributed by atoms with Crippen LogP contribution in [-0.2, 0) is 5.54 Å². The highest BCUT2D eigenvalue weighted by molar-refractivity contribution is 5.66. The van der Waals surface area contributed by atoms with Crippen LogP contribution in [0.4, 0.5) is 8.78 Å². The molecule has 0 atom stereocenters. The third-order valence-corrected chi connectivity index (χ3v) is 2.58. The maximum Gasteiger partial charge on any atom is 0.387 e. The molecular weight excluding hydrogens is 252 g/mol. The SMILES string of the molecule is CC(C)(N)c1ncc(-c2ccccc2OC(F)F)[nH]1. The normalized spacial score (nSPS) is 11.9. The summed E-state index contributed by atoms with van der Waals surface area (Å²) in [5.41, 5.74) is 6.40. The Labute approximate surface area is 109 Å². The molecule has 0 bridgehead atoms. The molecule has 102 valence electrons. The van der Waals surface area contributed by atoms with Crippen molar-refractivity contribution >= 4 is 0 Å². The number of nitrogens with one attached hydrogen (secondary N) is 1. The van der Waals surface area contributed by atoms with Gasteiger partial charge in [-0.1, -0.05) is 12.1 Å². The number of aromatic nitrogens is 2. The lowest BCUT2D eigenvalue weighted by Crippen LogP contribution is -2.30. The van der Waals surface area contributed by atoms with Crippen LogP contribution in [0.5, 0.6) is 5.75 Å². The Kier molecular flexibility index (Phi) is 3.53. The number of nitrogens with zero attached hydrogens (tertiary/aromatic N) is 1. The molecular formula is C13H15F2N3O. The summed E-state index contributed by atoms with van der Waals surface area (Å²) in [6, 6.07) is 6.53. The molecule has 0 amide bonds. The standard InChI is InChI=1S/C13H15F2N3O/c1-13(2,16)11-17-7-9(18-11)8-5-3-4-6-10(8)19-12(14)15/h3-7,12H,16H2,1-2H3,(H,17,18). The summed E-state index contributed by atoms with van der Waals surface area (Å²) in [5.74, 6) is 0.678. The van der Waals surface area contributed by atoms with Gasteiger partial charge in [-0.3, -0.25) is 0 Å². The van der Waals surface area contributed by atoms with Crippen LogP contribution >= 0.6 is 0 Å². The number of nitrogens with two attached hydrogens (primary N) is 1. The molecule has 19 heavy (non-hydrogen) atoms. The summed E-state index contributed by atoms with van der Waals surface area (Å²) in [4.78, 5) is 7.18. The van der Waals surface area contributed by atoms with E-state index in [1.807, 2.05) is 0 Å². The third-order valence-electron chi connectivity index (χ3n) is 2.58. The van der Waals surface area contributed by atoms with Crippen molar-refractivity contribution in [2.45, 2.75) is 26.0 Å². The number of ether oxygens (including phenoxy) is 1. The van der Waals surface area contributed by atoms with E-state index >= 15 is 0 Å². The molecule has 1 aromatic carbocycles. The Morgan fingerprint density at radius 2 is 2.00 bits per heavy atom. The van der Waals surface area contributed by atoms with E-state index < -0.39 is 12.2 Å². The smallest absolute Gasteiger partial charge is 0.387 e. The fourth-order valence-electron chi connectivity index (χ4n) is 1.67. The zero-order valence-electron chi connectivity index (χ0n) is 10.7. The fraction of sp³-hybridized carbons (Fsp3) is 0.308. The minimum Gasteiger partial charge on any atom is -0.434 e. The second-order valence-corrected chi connectivity index (χ2v) is 4.74. The van der Waals surface area contributed by atoms with Gasteiger partial charge in [-0.05, 0) is 26.0 Å². The molecule has 0 unspecified atom stereocenters.